The molecule has 0 aliphatic carbocycles. The first-order valence-electron chi connectivity index (χ1n) is 16.1. The number of nitrogens with zero attached hydrogens (tertiary/aromatic N) is 4. The molecule has 2 unspecified atom stereocenters. The zero-order valence-corrected chi connectivity index (χ0v) is 30.2. The Labute approximate surface area is 301 Å². The van der Waals surface area contributed by atoms with Gasteiger partial charge in [0.25, 0.3) is 23.6 Å². The molecule has 10 aliphatic heterocycles. The van der Waals surface area contributed by atoms with E-state index in [0.717, 1.165) is 43.2 Å². The van der Waals surface area contributed by atoms with Crippen LogP contribution in [0.4, 0.5) is 11.4 Å². The molecule has 50 heavy (non-hydrogen) atoms. The summed E-state index contributed by atoms with van der Waals surface area (Å²) in [5.41, 5.74) is -1.52. The van der Waals surface area contributed by atoms with Crippen LogP contribution in [-0.2, 0) is 30.0 Å². The first-order valence-corrected chi connectivity index (χ1v) is 20.4. The third-order valence-corrected chi connectivity index (χ3v) is 20.2. The zero-order chi connectivity index (χ0) is 35.3. The summed E-state index contributed by atoms with van der Waals surface area (Å²) >= 11 is 0. The molecule has 2 aromatic rings. The van der Waals surface area contributed by atoms with E-state index in [1.165, 1.54) is 47.5 Å². The van der Waals surface area contributed by atoms with Gasteiger partial charge in [-0.25, -0.2) is 0 Å². The number of nitrogens with one attached hydrogen (secondary N) is 2. The highest BCUT2D eigenvalue weighted by Gasteiger charge is 2.93. The number of para-hydroxylation sites is 2. The lowest BCUT2D eigenvalue weighted by atomic mass is 9.52. The number of fused-ring (bicyclic) bond motifs is 11. The molecule has 10 heterocycles. The molecule has 8 fully saturated rings. The topological polar surface area (TPSA) is 186 Å². The van der Waals surface area contributed by atoms with Gasteiger partial charge in [0.15, 0.2) is 0 Å². The lowest BCUT2D eigenvalue weighted by Gasteiger charge is -2.59. The predicted molar refractivity (Wildman–Crippen MR) is 187 cm³/mol. The summed E-state index contributed by atoms with van der Waals surface area (Å²) in [6, 6.07) is 14.3. The molecule has 12 atom stereocenters. The van der Waals surface area contributed by atoms with Crippen molar-refractivity contribution in [1.29, 1.82) is 0 Å². The summed E-state index contributed by atoms with van der Waals surface area (Å²) in [7, 11) is 6.94. The maximum Gasteiger partial charge on any atom is 0.266 e. The van der Waals surface area contributed by atoms with E-state index in [1.807, 2.05) is 0 Å². The van der Waals surface area contributed by atoms with Gasteiger partial charge in [-0.05, 0) is 80.3 Å². The number of hydrogen-bond donors (Lipinski definition) is 6. The van der Waals surface area contributed by atoms with Gasteiger partial charge in [0.1, 0.15) is 24.5 Å². The zero-order valence-electron chi connectivity index (χ0n) is 26.9. The van der Waals surface area contributed by atoms with Gasteiger partial charge in [-0.3, -0.25) is 29.0 Å². The van der Waals surface area contributed by atoms with Crippen molar-refractivity contribution in [2.24, 2.45) is 0 Å². The van der Waals surface area contributed by atoms with Crippen LogP contribution in [-0.4, -0.2) is 134 Å². The van der Waals surface area contributed by atoms with Crippen molar-refractivity contribution >= 4 is 78.2 Å². The van der Waals surface area contributed by atoms with E-state index in [1.54, 1.807) is 48.5 Å². The molecule has 2 aromatic carbocycles. The summed E-state index contributed by atoms with van der Waals surface area (Å²) in [5.74, 6) is -2.37. The molecule has 2 spiro atoms. The summed E-state index contributed by atoms with van der Waals surface area (Å²) in [6.45, 7) is 2.90. The number of hydrogen-bond acceptors (Lipinski definition) is 14. The van der Waals surface area contributed by atoms with E-state index in [-0.39, 0.29) is 0 Å². The molecule has 0 aromatic heterocycles. The SMILES string of the molecule is C[C@@H](O)[C@@]12SS[C@]3(C(=O)N1C)[C@@H](O)C1(C45c6ccccc6N[C@@H]4N4C(=O)[C@]6([C@@H](C)O)SS[C@]4(C(=O)N6C)[C@H]5O)c4ccccc4N[C@@H]1N3C2=O. The first kappa shape index (κ1) is 31.9. The van der Waals surface area contributed by atoms with Crippen molar-refractivity contribution < 1.29 is 39.6 Å². The van der Waals surface area contributed by atoms with E-state index in [9.17, 15) is 39.6 Å². The van der Waals surface area contributed by atoms with Crippen molar-refractivity contribution in [3.05, 3.63) is 59.7 Å². The van der Waals surface area contributed by atoms with E-state index >= 15 is 0 Å². The number of benzene rings is 2. The standard InChI is InChI=1S/C32H32N6O8S4/c1-13(39)29-25(45)37-21-27(15-9-5-7-11-17(15)33-21,19(41)31(37,49-47-29)23(43)35(29)3)28-16-10-6-8-12-18(16)34-22(28)38-26(46)30(14(2)40)36(4)24(44)32(38,20(28)42)50-48-30/h5-14,19-22,33-34,39-42H,1-4H3/t13-,14-,19+,20+,21-,22-,27?,28?,29+,30+,31+,32+/m1/s1. The maximum atomic E-state index is 15.0. The van der Waals surface area contributed by atoms with Crippen molar-refractivity contribution in [3.8, 4) is 0 Å². The maximum absolute atomic E-state index is 15.0. The minimum absolute atomic E-state index is 0.495. The lowest BCUT2D eigenvalue weighted by Crippen LogP contribution is -2.80. The molecule has 0 radical (unpaired) electrons. The fraction of sp³-hybridized carbons (Fsp3) is 0.500. The summed E-state index contributed by atoms with van der Waals surface area (Å²) in [5, 5.41) is 56.0. The van der Waals surface area contributed by atoms with Crippen LogP contribution in [0.5, 0.6) is 0 Å². The quantitative estimate of drug-likeness (QED) is 0.231. The van der Waals surface area contributed by atoms with Gasteiger partial charge in [0.05, 0.1) is 23.0 Å². The minimum Gasteiger partial charge on any atom is -0.389 e. The number of carbonyl (C=O) groups excluding carboxylic acids is 4. The molecule has 10 aliphatic rings. The van der Waals surface area contributed by atoms with Crippen LogP contribution in [0.2, 0.25) is 0 Å². The highest BCUT2D eigenvalue weighted by atomic mass is 33.1. The number of aliphatic hydroxyl groups excluding tert-OH is 4. The Morgan fingerprint density at radius 2 is 0.980 bits per heavy atom. The monoisotopic (exact) mass is 756 g/mol. The predicted octanol–water partition coefficient (Wildman–Crippen LogP) is 0.0526. The van der Waals surface area contributed by atoms with Gasteiger partial charge < -0.3 is 40.9 Å². The van der Waals surface area contributed by atoms with Crippen LogP contribution in [0.15, 0.2) is 48.5 Å². The molecule has 0 saturated carbocycles. The molecular formula is C32H32N6O8S4. The summed E-state index contributed by atoms with van der Waals surface area (Å²) in [6.07, 6.45) is -8.45. The minimum atomic E-state index is -1.93. The number of aliphatic hydroxyl groups is 4. The van der Waals surface area contributed by atoms with Gasteiger partial charge in [-0.15, -0.1) is 0 Å². The molecule has 6 N–H and O–H groups in total. The molecule has 18 heteroatoms. The second-order valence-corrected chi connectivity index (χ2v) is 19.4. The van der Waals surface area contributed by atoms with Crippen LogP contribution in [0.3, 0.4) is 0 Å². The van der Waals surface area contributed by atoms with Crippen LogP contribution in [0.1, 0.15) is 25.0 Å². The number of rotatable bonds is 3. The number of carbonyl (C=O) groups is 4. The lowest BCUT2D eigenvalue weighted by molar-refractivity contribution is -0.172. The summed E-state index contributed by atoms with van der Waals surface area (Å²) < 4.78 is 0. The smallest absolute Gasteiger partial charge is 0.266 e. The Morgan fingerprint density at radius 1 is 0.620 bits per heavy atom. The Kier molecular flexibility index (Phi) is 5.86. The average Bonchev–Trinajstić information content (AvgIpc) is 3.74. The number of piperazine rings is 2. The second-order valence-electron chi connectivity index (χ2n) is 14.3. The fourth-order valence-corrected chi connectivity index (χ4v) is 18.6. The third kappa shape index (κ3) is 2.65. The summed E-state index contributed by atoms with van der Waals surface area (Å²) in [4.78, 5) is 57.4. The van der Waals surface area contributed by atoms with E-state index in [4.69, 9.17) is 0 Å². The second kappa shape index (κ2) is 9.20. The molecular weight excluding hydrogens is 725 g/mol. The Bertz CT molecular complexity index is 1870. The largest absolute Gasteiger partial charge is 0.389 e. The van der Waals surface area contributed by atoms with Crippen LogP contribution in [0, 0.1) is 0 Å². The molecule has 12 rings (SSSR count). The van der Waals surface area contributed by atoms with Crippen LogP contribution < -0.4 is 10.6 Å². The first-order chi connectivity index (χ1) is 23.7. The van der Waals surface area contributed by atoms with Crippen molar-refractivity contribution in [2.45, 2.75) is 80.9 Å². The van der Waals surface area contributed by atoms with Gasteiger partial charge >= 0.3 is 0 Å². The Morgan fingerprint density at radius 3 is 1.34 bits per heavy atom. The molecule has 4 bridgehead atoms. The highest BCUT2D eigenvalue weighted by Crippen LogP contribution is 2.78. The van der Waals surface area contributed by atoms with Crippen LogP contribution in [0.25, 0.3) is 0 Å². The van der Waals surface area contributed by atoms with Gasteiger partial charge in [-0.1, -0.05) is 36.4 Å². The van der Waals surface area contributed by atoms with Crippen molar-refractivity contribution in [3.63, 3.8) is 0 Å². The average molecular weight is 757 g/mol. The molecule has 14 nitrogen and oxygen atoms in total. The van der Waals surface area contributed by atoms with Gasteiger partial charge in [-0.2, -0.15) is 0 Å². The third-order valence-electron chi connectivity index (χ3n) is 12.7. The molecule has 262 valence electrons. The van der Waals surface area contributed by atoms with E-state index in [0.29, 0.717) is 22.5 Å². The number of amides is 4. The van der Waals surface area contributed by atoms with Gasteiger partial charge in [0.2, 0.25) is 19.5 Å². The Hall–Kier alpha value is -2.84. The van der Waals surface area contributed by atoms with Crippen LogP contribution >= 0.6 is 43.2 Å². The van der Waals surface area contributed by atoms with E-state index in [2.05, 4.69) is 10.6 Å². The molecule has 4 amide bonds. The number of likely N-dealkylation sites (N-methyl/N-ethyl adjacent to an activating group) is 2. The number of anilines is 2. The fourth-order valence-electron chi connectivity index (χ4n) is 10.6. The van der Waals surface area contributed by atoms with E-state index < -0.39 is 90.7 Å². The highest BCUT2D eigenvalue weighted by molar-refractivity contribution is 8.78. The van der Waals surface area contributed by atoms with Crippen molar-refractivity contribution in [2.75, 3.05) is 24.7 Å². The van der Waals surface area contributed by atoms with Gasteiger partial charge in [0, 0.05) is 25.5 Å². The molecule has 8 saturated heterocycles. The van der Waals surface area contributed by atoms with Crippen molar-refractivity contribution in [1.82, 2.24) is 19.6 Å². The Balaban J connectivity index is 1.33. The normalized spacial score (nSPS) is 45.5.